The number of piperidine rings is 1. The molecule has 0 bridgehead atoms. The van der Waals surface area contributed by atoms with E-state index >= 15 is 0 Å². The standard InChI is InChI=1S/C24H24N6O/c1-17-14-22(30-24(27-17)25-16-26-30)29-13-7-10-19(15-29)23(31)28-21-12-6-5-11-20(21)18-8-3-2-4-9-18/h2-6,8-9,11-12,14,16,19H,7,10,13,15H2,1H3,(H,28,31). The third-order valence-electron chi connectivity index (χ3n) is 5.75. The molecule has 5 rings (SSSR count). The number of anilines is 2. The lowest BCUT2D eigenvalue weighted by Gasteiger charge is -2.33. The first-order valence-corrected chi connectivity index (χ1v) is 10.6. The molecule has 1 fully saturated rings. The van der Waals surface area contributed by atoms with Gasteiger partial charge >= 0.3 is 0 Å². The van der Waals surface area contributed by atoms with Crippen molar-refractivity contribution >= 4 is 23.2 Å². The van der Waals surface area contributed by atoms with Gasteiger partial charge in [0, 0.05) is 36.1 Å². The summed E-state index contributed by atoms with van der Waals surface area (Å²) in [5, 5.41) is 7.50. The Hall–Kier alpha value is -3.74. The summed E-state index contributed by atoms with van der Waals surface area (Å²) >= 11 is 0. The summed E-state index contributed by atoms with van der Waals surface area (Å²) in [4.78, 5) is 24.1. The molecule has 2 aromatic carbocycles. The molecule has 0 spiro atoms. The molecule has 2 aromatic heterocycles. The first-order valence-electron chi connectivity index (χ1n) is 10.6. The maximum atomic E-state index is 13.2. The van der Waals surface area contributed by atoms with E-state index in [4.69, 9.17) is 0 Å². The van der Waals surface area contributed by atoms with E-state index in [0.717, 1.165) is 47.7 Å². The van der Waals surface area contributed by atoms with Crippen LogP contribution in [0.2, 0.25) is 0 Å². The van der Waals surface area contributed by atoms with Crippen LogP contribution < -0.4 is 10.2 Å². The molecule has 4 aromatic rings. The van der Waals surface area contributed by atoms with E-state index in [-0.39, 0.29) is 11.8 Å². The number of benzene rings is 2. The first-order chi connectivity index (χ1) is 15.2. The van der Waals surface area contributed by atoms with Gasteiger partial charge in [-0.15, -0.1) is 0 Å². The Morgan fingerprint density at radius 3 is 2.77 bits per heavy atom. The molecule has 1 unspecified atom stereocenters. The molecule has 1 aliphatic heterocycles. The Kier molecular flexibility index (Phi) is 5.08. The smallest absolute Gasteiger partial charge is 0.254 e. The monoisotopic (exact) mass is 412 g/mol. The number of aromatic nitrogens is 4. The molecule has 1 aliphatic rings. The number of hydrogen-bond donors (Lipinski definition) is 1. The Labute approximate surface area is 180 Å². The summed E-state index contributed by atoms with van der Waals surface area (Å²) in [5.41, 5.74) is 3.84. The highest BCUT2D eigenvalue weighted by atomic mass is 16.1. The van der Waals surface area contributed by atoms with Gasteiger partial charge in [-0.05, 0) is 31.4 Å². The predicted octanol–water partition coefficient (Wildman–Crippen LogP) is 3.95. The zero-order valence-electron chi connectivity index (χ0n) is 17.4. The third kappa shape index (κ3) is 3.86. The third-order valence-corrected chi connectivity index (χ3v) is 5.75. The van der Waals surface area contributed by atoms with Gasteiger partial charge in [0.2, 0.25) is 5.91 Å². The van der Waals surface area contributed by atoms with Crippen molar-refractivity contribution in [3.05, 3.63) is 72.7 Å². The fraction of sp³-hybridized carbons (Fsp3) is 0.250. The van der Waals surface area contributed by atoms with Gasteiger partial charge in [0.25, 0.3) is 5.78 Å². The van der Waals surface area contributed by atoms with E-state index < -0.39 is 0 Å². The number of nitrogens with one attached hydrogen (secondary N) is 1. The molecule has 7 nitrogen and oxygen atoms in total. The second-order valence-electron chi connectivity index (χ2n) is 7.91. The summed E-state index contributed by atoms with van der Waals surface area (Å²) in [6, 6.07) is 20.1. The van der Waals surface area contributed by atoms with Crippen LogP contribution in [0.25, 0.3) is 16.9 Å². The van der Waals surface area contributed by atoms with E-state index in [1.807, 2.05) is 55.5 Å². The number of hydrogen-bond acceptors (Lipinski definition) is 5. The number of amides is 1. The molecule has 1 saturated heterocycles. The van der Waals surface area contributed by atoms with Crippen LogP contribution in [0.3, 0.4) is 0 Å². The zero-order valence-corrected chi connectivity index (χ0v) is 17.4. The van der Waals surface area contributed by atoms with E-state index in [0.29, 0.717) is 12.3 Å². The maximum absolute atomic E-state index is 13.2. The van der Waals surface area contributed by atoms with Crippen molar-refractivity contribution in [1.82, 2.24) is 19.6 Å². The predicted molar refractivity (Wildman–Crippen MR) is 121 cm³/mol. The first kappa shape index (κ1) is 19.2. The molecule has 7 heteroatoms. The van der Waals surface area contributed by atoms with Crippen molar-refractivity contribution < 1.29 is 4.79 Å². The summed E-state index contributed by atoms with van der Waals surface area (Å²) in [5.74, 6) is 1.46. The van der Waals surface area contributed by atoms with Gasteiger partial charge in [-0.2, -0.15) is 14.6 Å². The van der Waals surface area contributed by atoms with Crippen molar-refractivity contribution in [2.45, 2.75) is 19.8 Å². The van der Waals surface area contributed by atoms with E-state index in [1.165, 1.54) is 6.33 Å². The molecule has 31 heavy (non-hydrogen) atoms. The SMILES string of the molecule is Cc1cc(N2CCCC(C(=O)Nc3ccccc3-c3ccccc3)C2)n2ncnc2n1. The summed E-state index contributed by atoms with van der Waals surface area (Å²) in [7, 11) is 0. The molecule has 1 amide bonds. The van der Waals surface area contributed by atoms with E-state index in [2.05, 4.69) is 37.4 Å². The van der Waals surface area contributed by atoms with Crippen molar-refractivity contribution in [2.24, 2.45) is 5.92 Å². The zero-order chi connectivity index (χ0) is 21.2. The normalized spacial score (nSPS) is 16.4. The number of para-hydroxylation sites is 1. The highest BCUT2D eigenvalue weighted by molar-refractivity contribution is 5.97. The van der Waals surface area contributed by atoms with Crippen LogP contribution in [0.15, 0.2) is 67.0 Å². The average Bonchev–Trinajstić information content (AvgIpc) is 3.28. The highest BCUT2D eigenvalue weighted by Gasteiger charge is 2.28. The fourth-order valence-corrected chi connectivity index (χ4v) is 4.23. The number of fused-ring (bicyclic) bond motifs is 1. The quantitative estimate of drug-likeness (QED) is 0.549. The van der Waals surface area contributed by atoms with Crippen LogP contribution in [0, 0.1) is 12.8 Å². The molecule has 0 saturated carbocycles. The Bertz CT molecular complexity index is 1220. The van der Waals surface area contributed by atoms with Crippen LogP contribution >= 0.6 is 0 Å². The highest BCUT2D eigenvalue weighted by Crippen LogP contribution is 2.29. The van der Waals surface area contributed by atoms with Gasteiger partial charge in [-0.1, -0.05) is 48.5 Å². The number of carbonyl (C=O) groups is 1. The van der Waals surface area contributed by atoms with Crippen LogP contribution in [0.1, 0.15) is 18.5 Å². The second-order valence-corrected chi connectivity index (χ2v) is 7.91. The molecular weight excluding hydrogens is 388 g/mol. The Morgan fingerprint density at radius 2 is 1.90 bits per heavy atom. The molecule has 156 valence electrons. The largest absolute Gasteiger partial charge is 0.356 e. The van der Waals surface area contributed by atoms with Crippen molar-refractivity contribution in [3.8, 4) is 11.1 Å². The molecule has 1 N–H and O–H groups in total. The minimum atomic E-state index is -0.107. The average molecular weight is 412 g/mol. The molecule has 0 aliphatic carbocycles. The van der Waals surface area contributed by atoms with E-state index in [9.17, 15) is 4.79 Å². The van der Waals surface area contributed by atoms with Crippen molar-refractivity contribution in [3.63, 3.8) is 0 Å². The van der Waals surface area contributed by atoms with Crippen LogP contribution in [0.4, 0.5) is 11.5 Å². The second kappa shape index (κ2) is 8.18. The van der Waals surface area contributed by atoms with Crippen molar-refractivity contribution in [1.29, 1.82) is 0 Å². The lowest BCUT2D eigenvalue weighted by molar-refractivity contribution is -0.120. The minimum absolute atomic E-state index is 0.0497. The molecular formula is C24H24N6O. The van der Waals surface area contributed by atoms with Gasteiger partial charge in [-0.25, -0.2) is 4.98 Å². The molecule has 0 radical (unpaired) electrons. The van der Waals surface area contributed by atoms with Crippen LogP contribution in [-0.2, 0) is 4.79 Å². The van der Waals surface area contributed by atoms with Gasteiger partial charge < -0.3 is 10.2 Å². The van der Waals surface area contributed by atoms with Gasteiger partial charge in [0.05, 0.1) is 5.92 Å². The fourth-order valence-electron chi connectivity index (χ4n) is 4.23. The number of rotatable bonds is 4. The number of aryl methyl sites for hydroxylation is 1. The lowest BCUT2D eigenvalue weighted by atomic mass is 9.96. The Balaban J connectivity index is 1.37. The lowest BCUT2D eigenvalue weighted by Crippen LogP contribution is -2.41. The number of carbonyl (C=O) groups excluding carboxylic acids is 1. The maximum Gasteiger partial charge on any atom is 0.254 e. The van der Waals surface area contributed by atoms with Crippen molar-refractivity contribution in [2.75, 3.05) is 23.3 Å². The minimum Gasteiger partial charge on any atom is -0.356 e. The van der Waals surface area contributed by atoms with Gasteiger partial charge in [-0.3, -0.25) is 4.79 Å². The Morgan fingerprint density at radius 1 is 1.10 bits per heavy atom. The summed E-state index contributed by atoms with van der Waals surface area (Å²) in [6.07, 6.45) is 3.32. The van der Waals surface area contributed by atoms with Gasteiger partial charge in [0.15, 0.2) is 0 Å². The summed E-state index contributed by atoms with van der Waals surface area (Å²) < 4.78 is 1.75. The number of nitrogens with zero attached hydrogens (tertiary/aromatic N) is 5. The van der Waals surface area contributed by atoms with Crippen LogP contribution in [0.5, 0.6) is 0 Å². The molecule has 1 atom stereocenters. The van der Waals surface area contributed by atoms with Gasteiger partial charge in [0.1, 0.15) is 12.1 Å². The summed E-state index contributed by atoms with van der Waals surface area (Å²) in [6.45, 7) is 3.47. The molecule has 3 heterocycles. The topological polar surface area (TPSA) is 75.4 Å². The van der Waals surface area contributed by atoms with Crippen LogP contribution in [-0.4, -0.2) is 38.6 Å². The van der Waals surface area contributed by atoms with E-state index in [1.54, 1.807) is 4.52 Å².